The van der Waals surface area contributed by atoms with Crippen molar-refractivity contribution >= 4 is 40.5 Å². The number of nitrogens with two attached hydrogens (primary N) is 1. The lowest BCUT2D eigenvalue weighted by Gasteiger charge is -2.19. The predicted molar refractivity (Wildman–Crippen MR) is 115 cm³/mol. The number of nitrogens with zero attached hydrogens (tertiary/aromatic N) is 2. The summed E-state index contributed by atoms with van der Waals surface area (Å²) in [6.07, 6.45) is 1.60. The number of alkyl halides is 2. The molecular formula is C21H19F2N3O4S. The van der Waals surface area contributed by atoms with E-state index in [-0.39, 0.29) is 16.6 Å². The summed E-state index contributed by atoms with van der Waals surface area (Å²) < 4.78 is 34.3. The van der Waals surface area contributed by atoms with Crippen LogP contribution in [0.5, 0.6) is 11.5 Å². The molecule has 1 aliphatic rings. The second kappa shape index (κ2) is 9.61. The van der Waals surface area contributed by atoms with E-state index in [0.29, 0.717) is 11.4 Å². The number of anilines is 1. The molecule has 31 heavy (non-hydrogen) atoms. The molecule has 162 valence electrons. The Morgan fingerprint density at radius 3 is 2.29 bits per heavy atom. The van der Waals surface area contributed by atoms with Crippen LogP contribution in [0, 0.1) is 0 Å². The van der Waals surface area contributed by atoms with Crippen molar-refractivity contribution in [2.75, 3.05) is 12.0 Å². The molecule has 2 aromatic carbocycles. The van der Waals surface area contributed by atoms with Gasteiger partial charge in [-0.05, 0) is 55.0 Å². The molecule has 1 atom stereocenters. The minimum atomic E-state index is -2.96. The van der Waals surface area contributed by atoms with Gasteiger partial charge in [0.25, 0.3) is 5.91 Å². The van der Waals surface area contributed by atoms with E-state index in [1.54, 1.807) is 44.4 Å². The van der Waals surface area contributed by atoms with E-state index < -0.39 is 23.7 Å². The third kappa shape index (κ3) is 5.40. The molecule has 2 amide bonds. The molecule has 2 aromatic rings. The van der Waals surface area contributed by atoms with Crippen molar-refractivity contribution in [2.45, 2.75) is 18.8 Å². The topological polar surface area (TPSA) is 94.2 Å². The van der Waals surface area contributed by atoms with Crippen LogP contribution in [-0.4, -0.2) is 36.0 Å². The Morgan fingerprint density at radius 2 is 1.74 bits per heavy atom. The summed E-state index contributed by atoms with van der Waals surface area (Å²) in [4.78, 5) is 30.3. The first-order valence-corrected chi connectivity index (χ1v) is 9.96. The van der Waals surface area contributed by atoms with Crippen molar-refractivity contribution in [2.24, 2.45) is 10.7 Å². The number of halogens is 2. The lowest BCUT2D eigenvalue weighted by atomic mass is 10.2. The number of carbonyl (C=O) groups is 2. The zero-order valence-corrected chi connectivity index (χ0v) is 17.4. The number of hydrogen-bond acceptors (Lipinski definition) is 6. The molecule has 0 aromatic heterocycles. The summed E-state index contributed by atoms with van der Waals surface area (Å²) in [5.74, 6) is -0.371. The maximum absolute atomic E-state index is 13.1. The Morgan fingerprint density at radius 1 is 1.13 bits per heavy atom. The molecule has 0 spiro atoms. The van der Waals surface area contributed by atoms with Gasteiger partial charge in [0.05, 0.1) is 18.0 Å². The van der Waals surface area contributed by atoms with Crippen molar-refractivity contribution in [3.63, 3.8) is 0 Å². The third-order valence-electron chi connectivity index (χ3n) is 4.25. The fourth-order valence-electron chi connectivity index (χ4n) is 2.65. The summed E-state index contributed by atoms with van der Waals surface area (Å²) in [5.41, 5.74) is 6.61. The van der Waals surface area contributed by atoms with Gasteiger partial charge in [-0.25, -0.2) is 4.99 Å². The first-order valence-electron chi connectivity index (χ1n) is 9.08. The first kappa shape index (κ1) is 22.3. The van der Waals surface area contributed by atoms with Crippen molar-refractivity contribution in [3.8, 4) is 11.5 Å². The normalized spacial score (nSPS) is 15.9. The van der Waals surface area contributed by atoms with E-state index >= 15 is 0 Å². The van der Waals surface area contributed by atoms with Gasteiger partial charge in [0.15, 0.2) is 5.17 Å². The van der Waals surface area contributed by atoms with Gasteiger partial charge in [-0.3, -0.25) is 14.5 Å². The number of benzene rings is 2. The quantitative estimate of drug-likeness (QED) is 0.654. The number of methoxy groups -OCH3 is 1. The van der Waals surface area contributed by atoms with E-state index in [2.05, 4.69) is 9.73 Å². The van der Waals surface area contributed by atoms with Crippen molar-refractivity contribution in [3.05, 3.63) is 59.8 Å². The number of aliphatic imine (C=N–C) groups is 1. The molecule has 0 saturated heterocycles. The van der Waals surface area contributed by atoms with Gasteiger partial charge in [0.1, 0.15) is 17.2 Å². The lowest BCUT2D eigenvalue weighted by molar-refractivity contribution is -0.117. The van der Waals surface area contributed by atoms with Gasteiger partial charge in [0.2, 0.25) is 5.91 Å². The van der Waals surface area contributed by atoms with Crippen LogP contribution < -0.4 is 20.1 Å². The first-order chi connectivity index (χ1) is 14.8. The zero-order valence-electron chi connectivity index (χ0n) is 16.6. The van der Waals surface area contributed by atoms with Crippen molar-refractivity contribution in [1.82, 2.24) is 0 Å². The van der Waals surface area contributed by atoms with Gasteiger partial charge < -0.3 is 15.2 Å². The Hall–Kier alpha value is -3.40. The van der Waals surface area contributed by atoms with Crippen LogP contribution in [0.15, 0.2) is 59.2 Å². The molecule has 0 radical (unpaired) electrons. The van der Waals surface area contributed by atoms with Crippen LogP contribution in [0.4, 0.5) is 14.5 Å². The van der Waals surface area contributed by atoms with Crippen LogP contribution in [0.3, 0.4) is 0 Å². The van der Waals surface area contributed by atoms with Crippen LogP contribution in [0.25, 0.3) is 6.08 Å². The Kier molecular flexibility index (Phi) is 6.91. The molecule has 0 aliphatic carbocycles. The largest absolute Gasteiger partial charge is 0.497 e. The highest BCUT2D eigenvalue weighted by atomic mass is 32.2. The van der Waals surface area contributed by atoms with Crippen molar-refractivity contribution < 1.29 is 27.8 Å². The van der Waals surface area contributed by atoms with Gasteiger partial charge >= 0.3 is 6.61 Å². The molecule has 1 unspecified atom stereocenters. The van der Waals surface area contributed by atoms with E-state index in [1.165, 1.54) is 29.2 Å². The maximum atomic E-state index is 13.1. The number of carbonyl (C=O) groups excluding carboxylic acids is 2. The number of amides is 2. The summed E-state index contributed by atoms with van der Waals surface area (Å²) in [6.45, 7) is -1.36. The van der Waals surface area contributed by atoms with Crippen LogP contribution in [-0.2, 0) is 9.59 Å². The number of rotatable bonds is 7. The third-order valence-corrected chi connectivity index (χ3v) is 5.32. The molecule has 1 aliphatic heterocycles. The summed E-state index contributed by atoms with van der Waals surface area (Å²) in [5, 5.41) is -0.394. The number of amidine groups is 1. The monoisotopic (exact) mass is 447 g/mol. The molecule has 10 heteroatoms. The molecule has 0 bridgehead atoms. The lowest BCUT2D eigenvalue weighted by Crippen LogP contribution is -2.33. The standard InChI is InChI=1S/C21H19F2N3O4S/c1-12(18(24)27)31-21-25-17(11-13-3-7-15(29-2)8-4-13)19(28)26(21)14-5-9-16(10-6-14)30-20(22)23/h3-12,20H,1-2H3,(H2,24,27). The van der Waals surface area contributed by atoms with Crippen molar-refractivity contribution in [1.29, 1.82) is 0 Å². The summed E-state index contributed by atoms with van der Waals surface area (Å²) in [7, 11) is 1.55. The number of primary amides is 1. The molecule has 7 nitrogen and oxygen atoms in total. The predicted octanol–water partition coefficient (Wildman–Crippen LogP) is 3.65. The van der Waals surface area contributed by atoms with E-state index in [9.17, 15) is 18.4 Å². The summed E-state index contributed by atoms with van der Waals surface area (Å²) in [6, 6.07) is 12.6. The average molecular weight is 447 g/mol. The van der Waals surface area contributed by atoms with E-state index in [4.69, 9.17) is 10.5 Å². The highest BCUT2D eigenvalue weighted by molar-refractivity contribution is 8.15. The Bertz CT molecular complexity index is 1020. The van der Waals surface area contributed by atoms with Gasteiger partial charge in [-0.1, -0.05) is 23.9 Å². The molecular weight excluding hydrogens is 428 g/mol. The molecule has 1 heterocycles. The minimum absolute atomic E-state index is 0.0453. The fourth-order valence-corrected chi connectivity index (χ4v) is 3.53. The number of ether oxygens (including phenoxy) is 2. The zero-order chi connectivity index (χ0) is 22.5. The maximum Gasteiger partial charge on any atom is 0.387 e. The number of thioether (sulfide) groups is 1. The SMILES string of the molecule is COc1ccc(C=C2N=C(SC(C)C(N)=O)N(c3ccc(OC(F)F)cc3)C2=O)cc1. The molecule has 0 fully saturated rings. The second-order valence-corrected chi connectivity index (χ2v) is 7.68. The Labute approximate surface area is 181 Å². The minimum Gasteiger partial charge on any atom is -0.497 e. The highest BCUT2D eigenvalue weighted by Gasteiger charge is 2.33. The molecule has 3 rings (SSSR count). The smallest absolute Gasteiger partial charge is 0.387 e. The van der Waals surface area contributed by atoms with E-state index in [0.717, 1.165) is 17.3 Å². The molecule has 2 N–H and O–H groups in total. The Balaban J connectivity index is 1.94. The highest BCUT2D eigenvalue weighted by Crippen LogP contribution is 2.32. The van der Waals surface area contributed by atoms with Crippen LogP contribution in [0.1, 0.15) is 12.5 Å². The fraction of sp³-hybridized carbons (Fsp3) is 0.190. The molecule has 0 saturated carbocycles. The second-order valence-electron chi connectivity index (χ2n) is 6.37. The van der Waals surface area contributed by atoms with Gasteiger partial charge in [-0.2, -0.15) is 8.78 Å². The summed E-state index contributed by atoms with van der Waals surface area (Å²) >= 11 is 1.03. The van der Waals surface area contributed by atoms with Gasteiger partial charge in [0, 0.05) is 0 Å². The average Bonchev–Trinajstić information content (AvgIpc) is 3.03. The van der Waals surface area contributed by atoms with Gasteiger partial charge in [-0.15, -0.1) is 0 Å². The van der Waals surface area contributed by atoms with Crippen LogP contribution in [0.2, 0.25) is 0 Å². The number of hydrogen-bond donors (Lipinski definition) is 1. The van der Waals surface area contributed by atoms with Crippen LogP contribution >= 0.6 is 11.8 Å². The van der Waals surface area contributed by atoms with E-state index in [1.807, 2.05) is 0 Å².